The summed E-state index contributed by atoms with van der Waals surface area (Å²) in [5.41, 5.74) is 0.596. The molecule has 132 valence electrons. The van der Waals surface area contributed by atoms with Crippen molar-refractivity contribution in [2.24, 2.45) is 4.99 Å². The molecule has 2 atom stereocenters. The van der Waals surface area contributed by atoms with Gasteiger partial charge in [-0.1, -0.05) is 30.3 Å². The Hall–Kier alpha value is -2.21. The predicted octanol–water partition coefficient (Wildman–Crippen LogP) is 1.39. The zero-order valence-electron chi connectivity index (χ0n) is 14.5. The van der Waals surface area contributed by atoms with E-state index < -0.39 is 5.54 Å². The van der Waals surface area contributed by atoms with Crippen LogP contribution >= 0.6 is 0 Å². The van der Waals surface area contributed by atoms with Gasteiger partial charge in [0.1, 0.15) is 11.4 Å². The van der Waals surface area contributed by atoms with Crippen LogP contribution in [0.5, 0.6) is 0 Å². The second-order valence-electron chi connectivity index (χ2n) is 7.27. The Balaban J connectivity index is 1.36. The van der Waals surface area contributed by atoms with Gasteiger partial charge in [0, 0.05) is 19.1 Å². The molecule has 3 heterocycles. The number of rotatable bonds is 2. The van der Waals surface area contributed by atoms with Crippen LogP contribution in [0.25, 0.3) is 0 Å². The standard InChI is InChI=1S/C19H24N4O2/c1-13-20-18(25)19(22-13)9-11-23(12-10-19)17(24)16-8-7-15(21-16)14-5-3-2-4-6-14/h2-6,15-16,21H,7-12H2,1H3,(H,20,22,25)/t15-,16-/m1/s1. The number of piperidine rings is 1. The van der Waals surface area contributed by atoms with Gasteiger partial charge >= 0.3 is 0 Å². The van der Waals surface area contributed by atoms with Crippen molar-refractivity contribution in [3.63, 3.8) is 0 Å². The minimum atomic E-state index is -0.642. The molecule has 2 N–H and O–H groups in total. The number of hydrogen-bond donors (Lipinski definition) is 2. The highest BCUT2D eigenvalue weighted by Gasteiger charge is 2.46. The first-order valence-electron chi connectivity index (χ1n) is 9.05. The molecule has 4 rings (SSSR count). The number of amides is 2. The molecule has 0 unspecified atom stereocenters. The molecule has 2 saturated heterocycles. The van der Waals surface area contributed by atoms with E-state index in [1.165, 1.54) is 5.56 Å². The number of nitrogens with one attached hydrogen (secondary N) is 2. The molecule has 3 aliphatic heterocycles. The van der Waals surface area contributed by atoms with Crippen LogP contribution in [-0.4, -0.2) is 47.2 Å². The summed E-state index contributed by atoms with van der Waals surface area (Å²) in [6.45, 7) is 3.00. The Bertz CT molecular complexity index is 707. The van der Waals surface area contributed by atoms with Crippen molar-refractivity contribution in [1.82, 2.24) is 15.5 Å². The van der Waals surface area contributed by atoms with E-state index in [1.807, 2.05) is 30.0 Å². The van der Waals surface area contributed by atoms with Crippen molar-refractivity contribution < 1.29 is 9.59 Å². The molecule has 1 aromatic carbocycles. The second-order valence-corrected chi connectivity index (χ2v) is 7.27. The van der Waals surface area contributed by atoms with Gasteiger partial charge in [-0.05, 0) is 38.2 Å². The van der Waals surface area contributed by atoms with Crippen LogP contribution in [0.15, 0.2) is 35.3 Å². The smallest absolute Gasteiger partial charge is 0.253 e. The summed E-state index contributed by atoms with van der Waals surface area (Å²) in [6.07, 6.45) is 3.05. The maximum absolute atomic E-state index is 12.9. The highest BCUT2D eigenvalue weighted by Crippen LogP contribution is 2.32. The molecule has 6 heteroatoms. The van der Waals surface area contributed by atoms with Crippen molar-refractivity contribution in [1.29, 1.82) is 0 Å². The van der Waals surface area contributed by atoms with Crippen LogP contribution in [0.1, 0.15) is 44.2 Å². The third-order valence-corrected chi connectivity index (χ3v) is 5.65. The van der Waals surface area contributed by atoms with E-state index in [9.17, 15) is 9.59 Å². The Morgan fingerprint density at radius 2 is 1.92 bits per heavy atom. The molecule has 25 heavy (non-hydrogen) atoms. The van der Waals surface area contributed by atoms with Crippen LogP contribution in [0.2, 0.25) is 0 Å². The van der Waals surface area contributed by atoms with E-state index in [0.717, 1.165) is 12.8 Å². The fourth-order valence-corrected chi connectivity index (χ4v) is 4.22. The number of carbonyl (C=O) groups is 2. The summed E-state index contributed by atoms with van der Waals surface area (Å²) in [5.74, 6) is 0.834. The summed E-state index contributed by atoms with van der Waals surface area (Å²) < 4.78 is 0. The third-order valence-electron chi connectivity index (χ3n) is 5.65. The number of nitrogens with zero attached hydrogens (tertiary/aromatic N) is 2. The van der Waals surface area contributed by atoms with Gasteiger partial charge in [0.05, 0.1) is 6.04 Å². The topological polar surface area (TPSA) is 73.8 Å². The SMILES string of the molecule is CC1=NC2(CCN(C(=O)[C@H]3CC[C@H](c4ccccc4)N3)CC2)C(=O)N1. The van der Waals surface area contributed by atoms with Crippen molar-refractivity contribution in [2.75, 3.05) is 13.1 Å². The third kappa shape index (κ3) is 2.95. The Morgan fingerprint density at radius 1 is 1.20 bits per heavy atom. The van der Waals surface area contributed by atoms with Gasteiger partial charge in [-0.3, -0.25) is 19.9 Å². The van der Waals surface area contributed by atoms with Crippen molar-refractivity contribution in [2.45, 2.75) is 50.2 Å². The normalized spacial score (nSPS) is 28.1. The zero-order valence-corrected chi connectivity index (χ0v) is 14.5. The van der Waals surface area contributed by atoms with E-state index in [0.29, 0.717) is 31.8 Å². The molecule has 1 aromatic rings. The number of aliphatic imine (C=N–C) groups is 1. The number of carbonyl (C=O) groups excluding carboxylic acids is 2. The van der Waals surface area contributed by atoms with Gasteiger partial charge in [0.15, 0.2) is 0 Å². The lowest BCUT2D eigenvalue weighted by Gasteiger charge is -2.36. The van der Waals surface area contributed by atoms with E-state index in [2.05, 4.69) is 27.8 Å². The lowest BCUT2D eigenvalue weighted by Crippen LogP contribution is -2.53. The summed E-state index contributed by atoms with van der Waals surface area (Å²) in [4.78, 5) is 31.4. The Morgan fingerprint density at radius 3 is 2.56 bits per heavy atom. The molecule has 0 saturated carbocycles. The minimum Gasteiger partial charge on any atom is -0.341 e. The molecular formula is C19H24N4O2. The average molecular weight is 340 g/mol. The fourth-order valence-electron chi connectivity index (χ4n) is 4.22. The number of hydrogen-bond acceptors (Lipinski definition) is 4. The molecule has 0 radical (unpaired) electrons. The summed E-state index contributed by atoms with van der Waals surface area (Å²) >= 11 is 0. The van der Waals surface area contributed by atoms with E-state index in [-0.39, 0.29) is 23.9 Å². The monoisotopic (exact) mass is 340 g/mol. The van der Waals surface area contributed by atoms with Crippen LogP contribution in [0.4, 0.5) is 0 Å². The molecule has 6 nitrogen and oxygen atoms in total. The van der Waals surface area contributed by atoms with Crippen molar-refractivity contribution in [3.8, 4) is 0 Å². The first-order valence-corrected chi connectivity index (χ1v) is 9.05. The second kappa shape index (κ2) is 6.26. The molecule has 1 spiro atoms. The quantitative estimate of drug-likeness (QED) is 0.854. The highest BCUT2D eigenvalue weighted by atomic mass is 16.2. The first-order chi connectivity index (χ1) is 12.1. The molecule has 0 aliphatic carbocycles. The van der Waals surface area contributed by atoms with E-state index >= 15 is 0 Å². The molecular weight excluding hydrogens is 316 g/mol. The molecule has 2 amide bonds. The van der Waals surface area contributed by atoms with Crippen LogP contribution < -0.4 is 10.6 Å². The summed E-state index contributed by atoms with van der Waals surface area (Å²) in [5, 5.41) is 6.28. The summed E-state index contributed by atoms with van der Waals surface area (Å²) in [6, 6.07) is 10.4. The van der Waals surface area contributed by atoms with Crippen LogP contribution in [0, 0.1) is 0 Å². The fraction of sp³-hybridized carbons (Fsp3) is 0.526. The van der Waals surface area contributed by atoms with Crippen LogP contribution in [0.3, 0.4) is 0 Å². The van der Waals surface area contributed by atoms with Gasteiger partial charge < -0.3 is 10.2 Å². The predicted molar refractivity (Wildman–Crippen MR) is 95.1 cm³/mol. The van der Waals surface area contributed by atoms with E-state index in [4.69, 9.17) is 0 Å². The lowest BCUT2D eigenvalue weighted by atomic mass is 9.87. The highest BCUT2D eigenvalue weighted by molar-refractivity contribution is 6.07. The number of benzene rings is 1. The summed E-state index contributed by atoms with van der Waals surface area (Å²) in [7, 11) is 0. The maximum atomic E-state index is 12.9. The van der Waals surface area contributed by atoms with Gasteiger partial charge in [0.25, 0.3) is 5.91 Å². The van der Waals surface area contributed by atoms with Gasteiger partial charge in [0.2, 0.25) is 5.91 Å². The molecule has 2 fully saturated rings. The van der Waals surface area contributed by atoms with Gasteiger partial charge in [-0.2, -0.15) is 0 Å². The maximum Gasteiger partial charge on any atom is 0.253 e. The molecule has 3 aliphatic rings. The van der Waals surface area contributed by atoms with Crippen LogP contribution in [-0.2, 0) is 9.59 Å². The molecule has 0 bridgehead atoms. The lowest BCUT2D eigenvalue weighted by molar-refractivity contribution is -0.137. The zero-order chi connectivity index (χ0) is 17.4. The number of amidine groups is 1. The number of likely N-dealkylation sites (tertiary alicyclic amines) is 1. The van der Waals surface area contributed by atoms with Crippen molar-refractivity contribution in [3.05, 3.63) is 35.9 Å². The first kappa shape index (κ1) is 16.3. The largest absolute Gasteiger partial charge is 0.341 e. The molecule has 0 aromatic heterocycles. The average Bonchev–Trinajstić information content (AvgIpc) is 3.21. The van der Waals surface area contributed by atoms with E-state index in [1.54, 1.807) is 0 Å². The Labute approximate surface area is 147 Å². The van der Waals surface area contributed by atoms with Gasteiger partial charge in [-0.25, -0.2) is 0 Å². The van der Waals surface area contributed by atoms with Gasteiger partial charge in [-0.15, -0.1) is 0 Å². The van der Waals surface area contributed by atoms with Crippen molar-refractivity contribution >= 4 is 17.6 Å². The Kier molecular flexibility index (Phi) is 4.07. The minimum absolute atomic E-state index is 0.0137.